The second-order valence-corrected chi connectivity index (χ2v) is 7.70. The van der Waals surface area contributed by atoms with Crippen LogP contribution in [0.15, 0.2) is 24.3 Å². The van der Waals surface area contributed by atoms with Gasteiger partial charge in [0, 0.05) is 32.6 Å². The average molecular weight is 313 g/mol. The van der Waals surface area contributed by atoms with Crippen LogP contribution in [0, 0.1) is 12.8 Å². The average Bonchev–Trinajstić information content (AvgIpc) is 2.98. The molecule has 0 radical (unpaired) electrons. The molecule has 5 rings (SSSR count). The SMILES string of the molecule is Cc1ccc([C@H]2CN(C(=O)N(C)C)[C@H]3C4CCN(CC4)[C@@H]23)cc1. The second kappa shape index (κ2) is 5.52. The maximum Gasteiger partial charge on any atom is 0.319 e. The minimum Gasteiger partial charge on any atom is -0.331 e. The molecule has 2 bridgehead atoms. The number of carbonyl (C=O) groups excluding carboxylic acids is 1. The van der Waals surface area contributed by atoms with Gasteiger partial charge in [0.2, 0.25) is 0 Å². The van der Waals surface area contributed by atoms with Gasteiger partial charge >= 0.3 is 6.03 Å². The lowest BCUT2D eigenvalue weighted by Crippen LogP contribution is -2.61. The number of fused-ring (bicyclic) bond motifs is 2. The molecule has 4 nitrogen and oxygen atoms in total. The predicted octanol–water partition coefficient (Wildman–Crippen LogP) is 2.54. The summed E-state index contributed by atoms with van der Waals surface area (Å²) in [7, 11) is 3.75. The van der Waals surface area contributed by atoms with E-state index >= 15 is 0 Å². The van der Waals surface area contributed by atoms with Gasteiger partial charge in [0.15, 0.2) is 0 Å². The van der Waals surface area contributed by atoms with Crippen molar-refractivity contribution in [1.29, 1.82) is 0 Å². The third-order valence-electron chi connectivity index (χ3n) is 6.13. The van der Waals surface area contributed by atoms with Crippen molar-refractivity contribution in [3.63, 3.8) is 0 Å². The molecule has 4 aliphatic heterocycles. The molecule has 23 heavy (non-hydrogen) atoms. The van der Waals surface area contributed by atoms with Crippen LogP contribution in [0.1, 0.15) is 29.9 Å². The van der Waals surface area contributed by atoms with Gasteiger partial charge in [0.25, 0.3) is 0 Å². The summed E-state index contributed by atoms with van der Waals surface area (Å²) in [5.74, 6) is 1.14. The zero-order valence-electron chi connectivity index (χ0n) is 14.4. The van der Waals surface area contributed by atoms with Crippen LogP contribution in [0.25, 0.3) is 0 Å². The van der Waals surface area contributed by atoms with Crippen LogP contribution in [0.3, 0.4) is 0 Å². The molecular weight excluding hydrogens is 286 g/mol. The lowest BCUT2D eigenvalue weighted by atomic mass is 9.75. The summed E-state index contributed by atoms with van der Waals surface area (Å²) in [5.41, 5.74) is 2.70. The molecule has 4 saturated heterocycles. The van der Waals surface area contributed by atoms with Crippen molar-refractivity contribution in [2.75, 3.05) is 33.7 Å². The summed E-state index contributed by atoms with van der Waals surface area (Å²) in [6.07, 6.45) is 2.50. The van der Waals surface area contributed by atoms with E-state index in [4.69, 9.17) is 0 Å². The standard InChI is InChI=1S/C19H27N3O/c1-13-4-6-14(7-5-13)16-12-22(19(23)20(2)3)17-15-8-10-21(11-9-15)18(16)17/h4-7,15-18H,8-12H2,1-3H3/t16-,17+,18+/m1/s1. The van der Waals surface area contributed by atoms with Crippen LogP contribution in [0.4, 0.5) is 4.79 Å². The highest BCUT2D eigenvalue weighted by Gasteiger charge is 2.54. The Morgan fingerprint density at radius 1 is 1.09 bits per heavy atom. The Bertz CT molecular complexity index is 589. The fraction of sp³-hybridized carbons (Fsp3) is 0.632. The first kappa shape index (κ1) is 15.0. The summed E-state index contributed by atoms with van der Waals surface area (Å²) in [6.45, 7) is 5.41. The molecule has 4 heteroatoms. The summed E-state index contributed by atoms with van der Waals surface area (Å²) in [5, 5.41) is 0. The van der Waals surface area contributed by atoms with E-state index in [1.165, 1.54) is 37.1 Å². The summed E-state index contributed by atoms with van der Waals surface area (Å²) < 4.78 is 0. The second-order valence-electron chi connectivity index (χ2n) is 7.70. The van der Waals surface area contributed by atoms with Crippen LogP contribution >= 0.6 is 0 Å². The van der Waals surface area contributed by atoms with Crippen molar-refractivity contribution < 1.29 is 4.79 Å². The molecule has 0 spiro atoms. The Morgan fingerprint density at radius 3 is 2.35 bits per heavy atom. The molecule has 4 fully saturated rings. The Morgan fingerprint density at radius 2 is 1.74 bits per heavy atom. The molecule has 0 aromatic heterocycles. The Kier molecular flexibility index (Phi) is 3.60. The number of aryl methyl sites for hydroxylation is 1. The largest absolute Gasteiger partial charge is 0.331 e. The van der Waals surface area contributed by atoms with E-state index in [0.717, 1.165) is 6.54 Å². The summed E-state index contributed by atoms with van der Waals surface area (Å²) in [4.78, 5) is 19.3. The molecule has 0 N–H and O–H groups in total. The van der Waals surface area contributed by atoms with Crippen LogP contribution in [-0.2, 0) is 0 Å². The first-order chi connectivity index (χ1) is 11.1. The number of amides is 2. The summed E-state index contributed by atoms with van der Waals surface area (Å²) in [6, 6.07) is 10.0. The van der Waals surface area contributed by atoms with Crippen LogP contribution in [0.5, 0.6) is 0 Å². The molecule has 1 aromatic rings. The quantitative estimate of drug-likeness (QED) is 0.796. The Balaban J connectivity index is 1.70. The van der Waals surface area contributed by atoms with Crippen LogP contribution < -0.4 is 0 Å². The highest BCUT2D eigenvalue weighted by molar-refractivity contribution is 5.75. The third-order valence-corrected chi connectivity index (χ3v) is 6.13. The molecule has 124 valence electrons. The smallest absolute Gasteiger partial charge is 0.319 e. The molecule has 1 aromatic carbocycles. The number of benzene rings is 1. The van der Waals surface area contributed by atoms with Crippen molar-refractivity contribution in [2.45, 2.75) is 37.8 Å². The number of urea groups is 1. The molecule has 2 amide bonds. The predicted molar refractivity (Wildman–Crippen MR) is 91.6 cm³/mol. The van der Waals surface area contributed by atoms with E-state index in [2.05, 4.69) is 41.0 Å². The van der Waals surface area contributed by atoms with Crippen molar-refractivity contribution in [3.05, 3.63) is 35.4 Å². The zero-order valence-corrected chi connectivity index (χ0v) is 14.4. The maximum absolute atomic E-state index is 12.7. The van der Waals surface area contributed by atoms with Gasteiger partial charge in [-0.1, -0.05) is 29.8 Å². The lowest BCUT2D eigenvalue weighted by Gasteiger charge is -2.51. The van der Waals surface area contributed by atoms with Gasteiger partial charge < -0.3 is 9.80 Å². The number of likely N-dealkylation sites (tertiary alicyclic amines) is 1. The van der Waals surface area contributed by atoms with E-state index in [-0.39, 0.29) is 6.03 Å². The first-order valence-corrected chi connectivity index (χ1v) is 8.85. The fourth-order valence-corrected chi connectivity index (χ4v) is 5.01. The normalized spacial score (nSPS) is 35.3. The molecule has 0 saturated carbocycles. The summed E-state index contributed by atoms with van der Waals surface area (Å²) >= 11 is 0. The van der Waals surface area contributed by atoms with E-state index in [1.807, 2.05) is 14.1 Å². The van der Waals surface area contributed by atoms with Crippen LogP contribution in [0.2, 0.25) is 0 Å². The van der Waals surface area contributed by atoms with Gasteiger partial charge in [-0.3, -0.25) is 4.90 Å². The molecule has 0 unspecified atom stereocenters. The monoisotopic (exact) mass is 313 g/mol. The van der Waals surface area contributed by atoms with Crippen molar-refractivity contribution in [2.24, 2.45) is 5.92 Å². The number of carbonyl (C=O) groups is 1. The highest BCUT2D eigenvalue weighted by Crippen LogP contribution is 2.46. The minimum atomic E-state index is 0.184. The van der Waals surface area contributed by atoms with Gasteiger partial charge in [-0.05, 0) is 44.3 Å². The first-order valence-electron chi connectivity index (χ1n) is 8.85. The van der Waals surface area contributed by atoms with Gasteiger partial charge in [-0.2, -0.15) is 0 Å². The van der Waals surface area contributed by atoms with Gasteiger partial charge in [-0.15, -0.1) is 0 Å². The minimum absolute atomic E-state index is 0.184. The van der Waals surface area contributed by atoms with Gasteiger partial charge in [-0.25, -0.2) is 4.79 Å². The molecule has 4 heterocycles. The third kappa shape index (κ3) is 2.35. The van der Waals surface area contributed by atoms with Crippen molar-refractivity contribution in [3.8, 4) is 0 Å². The van der Waals surface area contributed by atoms with Gasteiger partial charge in [0.05, 0.1) is 6.04 Å². The van der Waals surface area contributed by atoms with E-state index < -0.39 is 0 Å². The van der Waals surface area contributed by atoms with Gasteiger partial charge in [0.1, 0.15) is 0 Å². The van der Waals surface area contributed by atoms with E-state index in [0.29, 0.717) is 23.9 Å². The maximum atomic E-state index is 12.7. The Labute approximate surface area is 139 Å². The van der Waals surface area contributed by atoms with E-state index in [1.54, 1.807) is 4.90 Å². The molecule has 4 aliphatic rings. The fourth-order valence-electron chi connectivity index (χ4n) is 5.01. The number of rotatable bonds is 1. The topological polar surface area (TPSA) is 26.8 Å². The number of nitrogens with zero attached hydrogens (tertiary/aromatic N) is 3. The highest BCUT2D eigenvalue weighted by atomic mass is 16.2. The lowest BCUT2D eigenvalue weighted by molar-refractivity contribution is 0.000905. The van der Waals surface area contributed by atoms with Crippen molar-refractivity contribution >= 4 is 6.03 Å². The molecular formula is C19H27N3O. The van der Waals surface area contributed by atoms with E-state index in [9.17, 15) is 4.79 Å². The molecule has 3 atom stereocenters. The molecule has 0 aliphatic carbocycles. The van der Waals surface area contributed by atoms with Crippen LogP contribution in [-0.4, -0.2) is 66.5 Å². The van der Waals surface area contributed by atoms with Crippen molar-refractivity contribution in [1.82, 2.24) is 14.7 Å². The zero-order chi connectivity index (χ0) is 16.1. The number of piperidine rings is 3. The Hall–Kier alpha value is -1.55. The number of hydrogen-bond acceptors (Lipinski definition) is 2. The number of hydrogen-bond donors (Lipinski definition) is 0.